The van der Waals surface area contributed by atoms with Crippen LogP contribution < -0.4 is 0 Å². The van der Waals surface area contributed by atoms with E-state index in [9.17, 15) is 9.90 Å². The summed E-state index contributed by atoms with van der Waals surface area (Å²) in [6, 6.07) is 5.41. The smallest absolute Gasteiger partial charge is 0.253 e. The van der Waals surface area contributed by atoms with Crippen molar-refractivity contribution < 1.29 is 14.6 Å². The van der Waals surface area contributed by atoms with Gasteiger partial charge in [0.1, 0.15) is 11.9 Å². The highest BCUT2D eigenvalue weighted by molar-refractivity contribution is 5.81. The highest BCUT2D eigenvalue weighted by Crippen LogP contribution is 2.24. The number of amides is 1. The molecule has 1 fully saturated rings. The predicted molar refractivity (Wildman–Crippen MR) is 79.1 cm³/mol. The van der Waals surface area contributed by atoms with Crippen molar-refractivity contribution in [3.63, 3.8) is 0 Å². The van der Waals surface area contributed by atoms with Crippen molar-refractivity contribution in [2.45, 2.75) is 26.0 Å². The Morgan fingerprint density at radius 3 is 3.05 bits per heavy atom. The number of fused-ring (bicyclic) bond motifs is 1. The first kappa shape index (κ1) is 14.4. The van der Waals surface area contributed by atoms with Crippen LogP contribution in [0.2, 0.25) is 0 Å². The number of hydrogen-bond acceptors (Lipinski definition) is 4. The number of ether oxygens (including phenoxy) is 1. The van der Waals surface area contributed by atoms with Crippen LogP contribution in [-0.4, -0.2) is 59.7 Å². The van der Waals surface area contributed by atoms with Gasteiger partial charge in [0.15, 0.2) is 0 Å². The van der Waals surface area contributed by atoms with E-state index in [4.69, 9.17) is 4.74 Å². The van der Waals surface area contributed by atoms with E-state index in [2.05, 4.69) is 11.8 Å². The van der Waals surface area contributed by atoms with Crippen LogP contribution in [0.5, 0.6) is 5.75 Å². The number of nitrogens with zero attached hydrogens (tertiary/aromatic N) is 2. The van der Waals surface area contributed by atoms with Gasteiger partial charge >= 0.3 is 0 Å². The summed E-state index contributed by atoms with van der Waals surface area (Å²) in [5.41, 5.74) is 2.26. The van der Waals surface area contributed by atoms with E-state index >= 15 is 0 Å². The fraction of sp³-hybridized carbons (Fsp3) is 0.562. The molecule has 1 aromatic carbocycles. The number of rotatable bonds is 2. The van der Waals surface area contributed by atoms with E-state index in [1.54, 1.807) is 12.1 Å². The maximum absolute atomic E-state index is 12.6. The zero-order chi connectivity index (χ0) is 14.8. The van der Waals surface area contributed by atoms with Gasteiger partial charge in [0.05, 0.1) is 6.61 Å². The van der Waals surface area contributed by atoms with Crippen LogP contribution >= 0.6 is 0 Å². The van der Waals surface area contributed by atoms with E-state index < -0.39 is 0 Å². The average molecular weight is 290 g/mol. The lowest BCUT2D eigenvalue weighted by Gasteiger charge is -2.36. The topological polar surface area (TPSA) is 53.0 Å². The molecule has 0 unspecified atom stereocenters. The fourth-order valence-corrected chi connectivity index (χ4v) is 3.07. The van der Waals surface area contributed by atoms with Crippen molar-refractivity contribution in [2.75, 3.05) is 32.8 Å². The molecule has 21 heavy (non-hydrogen) atoms. The Bertz CT molecular complexity index is 532. The Balaban J connectivity index is 1.69. The highest BCUT2D eigenvalue weighted by atomic mass is 16.5. The molecule has 0 aromatic heterocycles. The first-order chi connectivity index (χ1) is 10.2. The summed E-state index contributed by atoms with van der Waals surface area (Å²) < 4.78 is 5.65. The summed E-state index contributed by atoms with van der Waals surface area (Å²) in [4.78, 5) is 16.7. The molecule has 0 bridgehead atoms. The van der Waals surface area contributed by atoms with Gasteiger partial charge in [-0.1, -0.05) is 13.0 Å². The van der Waals surface area contributed by atoms with Crippen molar-refractivity contribution >= 4 is 5.91 Å². The Kier molecular flexibility index (Phi) is 4.12. The molecule has 1 N–H and O–H groups in total. The van der Waals surface area contributed by atoms with Crippen LogP contribution in [0.15, 0.2) is 18.2 Å². The molecule has 0 aliphatic carbocycles. The lowest BCUT2D eigenvalue weighted by atomic mass is 9.99. The lowest BCUT2D eigenvalue weighted by Crippen LogP contribution is -2.51. The normalized spacial score (nSPS) is 22.9. The molecule has 1 atom stereocenters. The first-order valence-electron chi connectivity index (χ1n) is 7.61. The quantitative estimate of drug-likeness (QED) is 0.883. The van der Waals surface area contributed by atoms with Crippen molar-refractivity contribution in [3.8, 4) is 5.75 Å². The van der Waals surface area contributed by atoms with Gasteiger partial charge in [0, 0.05) is 26.2 Å². The summed E-state index contributed by atoms with van der Waals surface area (Å²) in [5, 5.41) is 9.59. The standard InChI is InChI=1S/C16H22N2O3/c1-2-17-7-8-21-15(11-17)16(20)18-6-5-12-3-4-14(19)9-13(12)10-18/h3-4,9,15,19H,2,5-8,10-11H2,1H3/t15-/m0/s1. The number of hydrogen-bond donors (Lipinski definition) is 1. The average Bonchev–Trinajstić information content (AvgIpc) is 2.53. The maximum atomic E-state index is 12.6. The van der Waals surface area contributed by atoms with Gasteiger partial charge in [-0.15, -0.1) is 0 Å². The summed E-state index contributed by atoms with van der Waals surface area (Å²) in [6.07, 6.45) is 0.489. The molecule has 2 aliphatic rings. The number of aromatic hydroxyl groups is 1. The van der Waals surface area contributed by atoms with Crippen LogP contribution in [0.3, 0.4) is 0 Å². The minimum Gasteiger partial charge on any atom is -0.508 e. The number of benzene rings is 1. The minimum absolute atomic E-state index is 0.0714. The maximum Gasteiger partial charge on any atom is 0.253 e. The van der Waals surface area contributed by atoms with Crippen LogP contribution in [0.1, 0.15) is 18.1 Å². The molecule has 1 aromatic rings. The summed E-state index contributed by atoms with van der Waals surface area (Å²) in [5.74, 6) is 0.330. The molecule has 5 heteroatoms. The van der Waals surface area contributed by atoms with Crippen LogP contribution in [-0.2, 0) is 22.5 Å². The van der Waals surface area contributed by atoms with E-state index in [1.165, 1.54) is 5.56 Å². The number of phenolic OH excluding ortho intramolecular Hbond substituents is 1. The number of phenols is 1. The molecule has 2 aliphatic heterocycles. The molecular formula is C16H22N2O3. The number of carbonyl (C=O) groups excluding carboxylic acids is 1. The third-order valence-electron chi connectivity index (χ3n) is 4.39. The van der Waals surface area contributed by atoms with E-state index in [-0.39, 0.29) is 17.8 Å². The molecule has 0 saturated carbocycles. The number of morpholine rings is 1. The summed E-state index contributed by atoms with van der Waals surface area (Å²) >= 11 is 0. The lowest BCUT2D eigenvalue weighted by molar-refractivity contribution is -0.150. The second-order valence-corrected chi connectivity index (χ2v) is 5.72. The molecule has 0 radical (unpaired) electrons. The third-order valence-corrected chi connectivity index (χ3v) is 4.39. The Labute approximate surface area is 125 Å². The van der Waals surface area contributed by atoms with Gasteiger partial charge in [0.25, 0.3) is 5.91 Å². The van der Waals surface area contributed by atoms with Crippen molar-refractivity contribution in [1.29, 1.82) is 0 Å². The molecule has 114 valence electrons. The van der Waals surface area contributed by atoms with Crippen LogP contribution in [0, 0.1) is 0 Å². The molecule has 2 heterocycles. The van der Waals surface area contributed by atoms with Gasteiger partial charge in [0.2, 0.25) is 0 Å². The van der Waals surface area contributed by atoms with Crippen molar-refractivity contribution in [1.82, 2.24) is 9.80 Å². The third kappa shape index (κ3) is 3.04. The minimum atomic E-state index is -0.349. The zero-order valence-electron chi connectivity index (χ0n) is 12.4. The van der Waals surface area contributed by atoms with E-state index in [0.29, 0.717) is 19.7 Å². The Morgan fingerprint density at radius 2 is 2.24 bits per heavy atom. The van der Waals surface area contributed by atoms with E-state index in [1.807, 2.05) is 11.0 Å². The largest absolute Gasteiger partial charge is 0.508 e. The summed E-state index contributed by atoms with van der Waals surface area (Å²) in [7, 11) is 0. The zero-order valence-corrected chi connectivity index (χ0v) is 12.4. The fourth-order valence-electron chi connectivity index (χ4n) is 3.07. The second kappa shape index (κ2) is 6.03. The van der Waals surface area contributed by atoms with Gasteiger partial charge in [-0.3, -0.25) is 9.69 Å². The SMILES string of the molecule is CCN1CCO[C@H](C(=O)N2CCc3ccc(O)cc3C2)C1. The monoisotopic (exact) mass is 290 g/mol. The van der Waals surface area contributed by atoms with Crippen LogP contribution in [0.4, 0.5) is 0 Å². The van der Waals surface area contributed by atoms with E-state index in [0.717, 1.165) is 31.6 Å². The Hall–Kier alpha value is -1.59. The Morgan fingerprint density at radius 1 is 1.38 bits per heavy atom. The van der Waals surface area contributed by atoms with Crippen molar-refractivity contribution in [2.24, 2.45) is 0 Å². The van der Waals surface area contributed by atoms with Gasteiger partial charge in [-0.2, -0.15) is 0 Å². The molecule has 5 nitrogen and oxygen atoms in total. The molecule has 1 amide bonds. The molecule has 1 saturated heterocycles. The van der Waals surface area contributed by atoms with Crippen LogP contribution in [0.25, 0.3) is 0 Å². The number of carbonyl (C=O) groups is 1. The first-order valence-corrected chi connectivity index (χ1v) is 7.61. The van der Waals surface area contributed by atoms with Gasteiger partial charge in [-0.25, -0.2) is 0 Å². The van der Waals surface area contributed by atoms with Gasteiger partial charge < -0.3 is 14.7 Å². The van der Waals surface area contributed by atoms with Gasteiger partial charge in [-0.05, 0) is 36.2 Å². The number of likely N-dealkylation sites (N-methyl/N-ethyl adjacent to an activating group) is 1. The van der Waals surface area contributed by atoms with Crippen molar-refractivity contribution in [3.05, 3.63) is 29.3 Å². The predicted octanol–water partition coefficient (Wildman–Crippen LogP) is 0.998. The molecule has 0 spiro atoms. The second-order valence-electron chi connectivity index (χ2n) is 5.72. The molecular weight excluding hydrogens is 268 g/mol. The highest BCUT2D eigenvalue weighted by Gasteiger charge is 2.31. The summed E-state index contributed by atoms with van der Waals surface area (Å²) in [6.45, 7) is 6.54. The molecule has 3 rings (SSSR count).